The summed E-state index contributed by atoms with van der Waals surface area (Å²) in [6.45, 7) is 3.01. The van der Waals surface area contributed by atoms with Gasteiger partial charge in [-0.3, -0.25) is 18.6 Å². The van der Waals surface area contributed by atoms with Gasteiger partial charge in [-0.25, -0.2) is 4.57 Å². The Labute approximate surface area is 388 Å². The fourth-order valence-electron chi connectivity index (χ4n) is 6.07. The van der Waals surface area contributed by atoms with Gasteiger partial charge in [0.2, 0.25) is 0 Å². The van der Waals surface area contributed by atoms with Crippen LogP contribution in [0.4, 0.5) is 0 Å². The van der Waals surface area contributed by atoms with Gasteiger partial charge in [-0.15, -0.1) is 0 Å². The molecule has 0 aromatic rings. The minimum atomic E-state index is -5.15. The SMILES string of the molecule is CC/C=C/C/C=C/C/C=C/C/C=C/C/C=C/C/C=C/CCC(=O)OC[C@@H](COP(=O)(O)OC1C(O)C(O)C(O)[C@H](O)C1O)OC(=O)CCCCC/C=C/C/C=C/C/C=C/C/C=C/CCC. The van der Waals surface area contributed by atoms with E-state index in [1.54, 1.807) is 0 Å². The van der Waals surface area contributed by atoms with Crippen molar-refractivity contribution in [3.63, 3.8) is 0 Å². The van der Waals surface area contributed by atoms with Crippen LogP contribution in [0.5, 0.6) is 0 Å². The van der Waals surface area contributed by atoms with E-state index < -0.39 is 75.7 Å². The van der Waals surface area contributed by atoms with Crippen molar-refractivity contribution in [2.24, 2.45) is 0 Å². The molecule has 0 bridgehead atoms. The average molecular weight is 931 g/mol. The van der Waals surface area contributed by atoms with E-state index in [-0.39, 0.29) is 12.8 Å². The highest BCUT2D eigenvalue weighted by Gasteiger charge is 2.51. The van der Waals surface area contributed by atoms with E-state index in [4.69, 9.17) is 18.5 Å². The first-order chi connectivity index (χ1) is 31.4. The Morgan fingerprint density at radius 2 is 0.908 bits per heavy atom. The third-order valence-corrected chi connectivity index (χ3v) is 10.8. The van der Waals surface area contributed by atoms with Gasteiger partial charge >= 0.3 is 19.8 Å². The van der Waals surface area contributed by atoms with Crippen molar-refractivity contribution in [3.8, 4) is 0 Å². The number of carbonyl (C=O) groups is 2. The Bertz CT molecular complexity index is 1590. The maximum atomic E-state index is 12.8. The predicted molar refractivity (Wildman–Crippen MR) is 257 cm³/mol. The molecule has 1 rings (SSSR count). The van der Waals surface area contributed by atoms with Crippen molar-refractivity contribution >= 4 is 19.8 Å². The maximum absolute atomic E-state index is 12.8. The van der Waals surface area contributed by atoms with Crippen LogP contribution in [0.15, 0.2) is 122 Å². The Balaban J connectivity index is 2.55. The molecule has 65 heavy (non-hydrogen) atoms. The summed E-state index contributed by atoms with van der Waals surface area (Å²) in [5.74, 6) is -1.25. The fourth-order valence-corrected chi connectivity index (χ4v) is 7.04. The van der Waals surface area contributed by atoms with Crippen LogP contribution in [0.2, 0.25) is 0 Å². The molecule has 0 aromatic carbocycles. The van der Waals surface area contributed by atoms with Gasteiger partial charge in [0.1, 0.15) is 43.2 Å². The standard InChI is InChI=1S/C51H79O13P/c1-3-5-7-9-11-13-15-17-19-21-22-24-25-27-29-31-33-35-37-39-44(52)61-41-43(42-62-65(59,60)64-51-49(57)47(55)46(54)48(56)50(51)58)63-45(53)40-38-36-34-32-30-28-26-23-20-18-16-14-12-10-8-6-4-2/h5,7-8,10-11,13-14,16-17,19-20,22-24,27-30,33,35,43,46-51,54-58H,3-4,6,9,12,15,18,21,25-26,31-32,34,36-42H2,1-2H3,(H,59,60)/b7-5+,10-8+,13-11+,16-14+,19-17+,23-20+,24-22+,29-27+,30-28+,35-33+/t43-,46?,47-,48?,49?,50?,51?/m0/s1. The van der Waals surface area contributed by atoms with E-state index >= 15 is 0 Å². The van der Waals surface area contributed by atoms with Crippen molar-refractivity contribution in [3.05, 3.63) is 122 Å². The smallest absolute Gasteiger partial charge is 0.462 e. The second-order valence-corrected chi connectivity index (χ2v) is 16.9. The molecule has 0 aromatic heterocycles. The van der Waals surface area contributed by atoms with E-state index in [0.29, 0.717) is 19.3 Å². The Morgan fingerprint density at radius 3 is 1.37 bits per heavy atom. The molecule has 0 amide bonds. The summed E-state index contributed by atoms with van der Waals surface area (Å²) < 4.78 is 33.4. The van der Waals surface area contributed by atoms with Crippen LogP contribution < -0.4 is 0 Å². The van der Waals surface area contributed by atoms with Gasteiger partial charge in [0.05, 0.1) is 6.61 Å². The van der Waals surface area contributed by atoms with Gasteiger partial charge in [-0.1, -0.05) is 148 Å². The van der Waals surface area contributed by atoms with Crippen molar-refractivity contribution in [2.45, 2.75) is 172 Å². The summed E-state index contributed by atoms with van der Waals surface area (Å²) in [7, 11) is -5.15. The lowest BCUT2D eigenvalue weighted by Crippen LogP contribution is -2.64. The largest absolute Gasteiger partial charge is 0.472 e. The van der Waals surface area contributed by atoms with E-state index in [0.717, 1.165) is 83.5 Å². The summed E-state index contributed by atoms with van der Waals surface area (Å²) in [4.78, 5) is 35.7. The lowest BCUT2D eigenvalue weighted by atomic mass is 9.85. The number of aliphatic hydroxyl groups excluding tert-OH is 5. The first-order valence-corrected chi connectivity index (χ1v) is 24.8. The molecular formula is C51H79O13P. The molecular weight excluding hydrogens is 852 g/mol. The lowest BCUT2D eigenvalue weighted by molar-refractivity contribution is -0.220. The van der Waals surface area contributed by atoms with Crippen molar-refractivity contribution in [1.29, 1.82) is 0 Å². The highest BCUT2D eigenvalue weighted by molar-refractivity contribution is 7.47. The van der Waals surface area contributed by atoms with E-state index in [1.807, 2.05) is 18.2 Å². The Hall–Kier alpha value is -3.75. The van der Waals surface area contributed by atoms with Crippen LogP contribution in [-0.4, -0.2) is 98.3 Å². The Morgan fingerprint density at radius 1 is 0.492 bits per heavy atom. The van der Waals surface area contributed by atoms with Crippen molar-refractivity contribution < 1.29 is 63.1 Å². The van der Waals surface area contributed by atoms with Gasteiger partial charge in [0.25, 0.3) is 0 Å². The molecule has 0 heterocycles. The van der Waals surface area contributed by atoms with E-state index in [9.17, 15) is 44.6 Å². The quantitative estimate of drug-likeness (QED) is 0.0150. The van der Waals surface area contributed by atoms with Crippen LogP contribution >= 0.6 is 7.82 Å². The summed E-state index contributed by atoms with van der Waals surface area (Å²) in [5.41, 5.74) is 0. The molecule has 6 unspecified atom stereocenters. The molecule has 1 fully saturated rings. The van der Waals surface area contributed by atoms with Crippen LogP contribution in [0.25, 0.3) is 0 Å². The van der Waals surface area contributed by atoms with Crippen LogP contribution in [-0.2, 0) is 32.7 Å². The number of esters is 2. The minimum Gasteiger partial charge on any atom is -0.462 e. The summed E-state index contributed by atoms with van der Waals surface area (Å²) in [6.07, 6.45) is 42.6. The van der Waals surface area contributed by atoms with Crippen LogP contribution in [0.3, 0.4) is 0 Å². The molecule has 6 N–H and O–H groups in total. The van der Waals surface area contributed by atoms with Gasteiger partial charge in [0, 0.05) is 12.8 Å². The van der Waals surface area contributed by atoms with Crippen LogP contribution in [0.1, 0.15) is 129 Å². The normalized spacial score (nSPS) is 22.5. The van der Waals surface area contributed by atoms with Gasteiger partial charge in [-0.2, -0.15) is 0 Å². The van der Waals surface area contributed by atoms with E-state index in [1.165, 1.54) is 0 Å². The number of phosphoric acid groups is 1. The molecule has 13 nitrogen and oxygen atoms in total. The summed E-state index contributed by atoms with van der Waals surface area (Å²) >= 11 is 0. The van der Waals surface area contributed by atoms with Crippen LogP contribution in [0, 0.1) is 0 Å². The van der Waals surface area contributed by atoms with Crippen molar-refractivity contribution in [1.82, 2.24) is 0 Å². The number of aliphatic hydroxyl groups is 5. The first kappa shape index (κ1) is 59.3. The zero-order valence-electron chi connectivity index (χ0n) is 38.7. The fraction of sp³-hybridized carbons (Fsp3) is 0.569. The molecule has 1 aliphatic rings. The molecule has 8 atom stereocenters. The van der Waals surface area contributed by atoms with E-state index in [2.05, 4.69) is 117 Å². The third-order valence-electron chi connectivity index (χ3n) is 9.78. The molecule has 1 aliphatic carbocycles. The molecule has 0 radical (unpaired) electrons. The number of phosphoric ester groups is 1. The third kappa shape index (κ3) is 31.7. The number of carbonyl (C=O) groups excluding carboxylic acids is 2. The second-order valence-electron chi connectivity index (χ2n) is 15.5. The van der Waals surface area contributed by atoms with Crippen molar-refractivity contribution in [2.75, 3.05) is 13.2 Å². The number of ether oxygens (including phenoxy) is 2. The Kier molecular flexibility index (Phi) is 35.9. The van der Waals surface area contributed by atoms with Gasteiger partial charge < -0.3 is 39.9 Å². The predicted octanol–water partition coefficient (Wildman–Crippen LogP) is 9.39. The number of rotatable bonds is 36. The number of hydrogen-bond donors (Lipinski definition) is 6. The van der Waals surface area contributed by atoms with Gasteiger partial charge in [0.15, 0.2) is 6.10 Å². The number of hydrogen-bond acceptors (Lipinski definition) is 12. The average Bonchev–Trinajstić information content (AvgIpc) is 3.29. The van der Waals surface area contributed by atoms with Gasteiger partial charge in [-0.05, 0) is 89.9 Å². The first-order valence-electron chi connectivity index (χ1n) is 23.3. The molecule has 0 spiro atoms. The highest BCUT2D eigenvalue weighted by Crippen LogP contribution is 2.47. The second kappa shape index (κ2) is 39.4. The molecule has 1 saturated carbocycles. The monoisotopic (exact) mass is 931 g/mol. The summed E-state index contributed by atoms with van der Waals surface area (Å²) in [6, 6.07) is 0. The highest BCUT2D eigenvalue weighted by atomic mass is 31.2. The molecule has 0 saturated heterocycles. The zero-order valence-corrected chi connectivity index (χ0v) is 39.6. The summed E-state index contributed by atoms with van der Waals surface area (Å²) in [5, 5.41) is 50.2. The molecule has 366 valence electrons. The topological polar surface area (TPSA) is 210 Å². The number of unbranched alkanes of at least 4 members (excludes halogenated alkanes) is 4. The minimum absolute atomic E-state index is 0.0264. The number of allylic oxidation sites excluding steroid dienone is 20. The zero-order chi connectivity index (χ0) is 47.8. The lowest BCUT2D eigenvalue weighted by Gasteiger charge is -2.41. The molecule has 14 heteroatoms. The maximum Gasteiger partial charge on any atom is 0.472 e. The molecule has 0 aliphatic heterocycles.